The normalized spacial score (nSPS) is 15.3. The molecule has 1 saturated carbocycles. The lowest BCUT2D eigenvalue weighted by molar-refractivity contribution is 0.0525. The lowest BCUT2D eigenvalue weighted by Crippen LogP contribution is -2.45. The van der Waals surface area contributed by atoms with Crippen LogP contribution in [-0.4, -0.2) is 35.1 Å². The number of carbonyl (C=O) groups is 1. The van der Waals surface area contributed by atoms with Crippen LogP contribution in [0.3, 0.4) is 0 Å². The van der Waals surface area contributed by atoms with Crippen LogP contribution in [0.15, 0.2) is 18.2 Å². The van der Waals surface area contributed by atoms with E-state index in [1.165, 1.54) is 12.0 Å². The Balaban J connectivity index is 2.18. The van der Waals surface area contributed by atoms with Gasteiger partial charge in [0.15, 0.2) is 0 Å². The number of hydrogen-bond acceptors (Lipinski definition) is 2. The van der Waals surface area contributed by atoms with Gasteiger partial charge in [0.05, 0.1) is 6.61 Å². The second-order valence-electron chi connectivity index (χ2n) is 5.11. The zero-order chi connectivity index (χ0) is 13.1. The number of rotatable bonds is 4. The van der Waals surface area contributed by atoms with Crippen molar-refractivity contribution in [2.45, 2.75) is 39.2 Å². The van der Waals surface area contributed by atoms with Crippen molar-refractivity contribution >= 4 is 5.91 Å². The number of nitrogens with zero attached hydrogens (tertiary/aromatic N) is 1. The largest absolute Gasteiger partial charge is 0.395 e. The maximum atomic E-state index is 12.4. The van der Waals surface area contributed by atoms with Crippen molar-refractivity contribution in [1.29, 1.82) is 0 Å². The van der Waals surface area contributed by atoms with Crippen LogP contribution in [0, 0.1) is 13.8 Å². The Morgan fingerprint density at radius 1 is 1.33 bits per heavy atom. The highest BCUT2D eigenvalue weighted by Gasteiger charge is 2.28. The summed E-state index contributed by atoms with van der Waals surface area (Å²) < 4.78 is 0. The molecule has 1 aliphatic rings. The smallest absolute Gasteiger partial charge is 0.254 e. The zero-order valence-corrected chi connectivity index (χ0v) is 11.1. The lowest BCUT2D eigenvalue weighted by atomic mass is 9.91. The van der Waals surface area contributed by atoms with Gasteiger partial charge >= 0.3 is 0 Å². The summed E-state index contributed by atoms with van der Waals surface area (Å²) in [4.78, 5) is 14.3. The van der Waals surface area contributed by atoms with Crippen molar-refractivity contribution in [2.75, 3.05) is 13.2 Å². The molecule has 0 radical (unpaired) electrons. The van der Waals surface area contributed by atoms with E-state index in [-0.39, 0.29) is 12.5 Å². The molecule has 0 atom stereocenters. The van der Waals surface area contributed by atoms with Gasteiger partial charge in [-0.15, -0.1) is 0 Å². The molecule has 0 unspecified atom stereocenters. The van der Waals surface area contributed by atoms with E-state index in [9.17, 15) is 4.79 Å². The van der Waals surface area contributed by atoms with Crippen LogP contribution < -0.4 is 0 Å². The summed E-state index contributed by atoms with van der Waals surface area (Å²) in [5, 5.41) is 9.11. The maximum Gasteiger partial charge on any atom is 0.254 e. The summed E-state index contributed by atoms with van der Waals surface area (Å²) in [6, 6.07) is 6.14. The molecular weight excluding hydrogens is 226 g/mol. The molecule has 1 N–H and O–H groups in total. The topological polar surface area (TPSA) is 40.5 Å². The van der Waals surface area contributed by atoms with Crippen molar-refractivity contribution < 1.29 is 9.90 Å². The van der Waals surface area contributed by atoms with Crippen molar-refractivity contribution in [1.82, 2.24) is 4.90 Å². The molecule has 1 amide bonds. The third-order valence-corrected chi connectivity index (χ3v) is 3.87. The van der Waals surface area contributed by atoms with E-state index in [0.717, 1.165) is 24.0 Å². The maximum absolute atomic E-state index is 12.4. The Morgan fingerprint density at radius 3 is 2.56 bits per heavy atom. The van der Waals surface area contributed by atoms with Gasteiger partial charge in [0.25, 0.3) is 5.91 Å². The first-order chi connectivity index (χ1) is 8.63. The number of aryl methyl sites for hydroxylation is 2. The second-order valence-corrected chi connectivity index (χ2v) is 5.11. The van der Waals surface area contributed by atoms with Crippen LogP contribution in [0.1, 0.15) is 40.7 Å². The molecule has 1 fully saturated rings. The van der Waals surface area contributed by atoms with Gasteiger partial charge < -0.3 is 10.0 Å². The molecule has 98 valence electrons. The average Bonchev–Trinajstić information content (AvgIpc) is 2.29. The molecule has 3 nitrogen and oxygen atoms in total. The molecule has 3 heteroatoms. The predicted molar refractivity (Wildman–Crippen MR) is 71.7 cm³/mol. The number of aliphatic hydroxyl groups is 1. The molecule has 0 bridgehead atoms. The van der Waals surface area contributed by atoms with Gasteiger partial charge in [-0.25, -0.2) is 0 Å². The zero-order valence-electron chi connectivity index (χ0n) is 11.1. The number of hydrogen-bond donors (Lipinski definition) is 1. The van der Waals surface area contributed by atoms with E-state index in [0.29, 0.717) is 12.6 Å². The number of aliphatic hydroxyl groups excluding tert-OH is 1. The third kappa shape index (κ3) is 2.56. The summed E-state index contributed by atoms with van der Waals surface area (Å²) in [5.74, 6) is 0.0526. The molecule has 1 aromatic carbocycles. The first kappa shape index (κ1) is 13.1. The van der Waals surface area contributed by atoms with E-state index < -0.39 is 0 Å². The van der Waals surface area contributed by atoms with Crippen LogP contribution in [0.4, 0.5) is 0 Å². The Bertz CT molecular complexity index is 438. The minimum Gasteiger partial charge on any atom is -0.395 e. The summed E-state index contributed by atoms with van der Waals surface area (Å²) in [6.45, 7) is 4.54. The molecule has 0 heterocycles. The van der Waals surface area contributed by atoms with Gasteiger partial charge in [-0.3, -0.25) is 4.79 Å². The fourth-order valence-corrected chi connectivity index (χ4v) is 2.30. The molecular formula is C15H21NO2. The SMILES string of the molecule is Cc1ccc(C(=O)N(CCO)C2CCC2)cc1C. The van der Waals surface area contributed by atoms with E-state index in [1.54, 1.807) is 0 Å². The van der Waals surface area contributed by atoms with Crippen molar-refractivity contribution in [3.05, 3.63) is 34.9 Å². The van der Waals surface area contributed by atoms with E-state index in [2.05, 4.69) is 0 Å². The predicted octanol–water partition coefficient (Wildman–Crippen LogP) is 2.29. The summed E-state index contributed by atoms with van der Waals surface area (Å²) in [7, 11) is 0. The van der Waals surface area contributed by atoms with Crippen LogP contribution in [-0.2, 0) is 0 Å². The Kier molecular flexibility index (Phi) is 4.02. The second kappa shape index (κ2) is 5.53. The molecule has 0 saturated heterocycles. The first-order valence-corrected chi connectivity index (χ1v) is 6.62. The standard InChI is InChI=1S/C15H21NO2/c1-11-6-7-13(10-12(11)2)15(18)16(8-9-17)14-4-3-5-14/h6-7,10,14,17H,3-5,8-9H2,1-2H3. The van der Waals surface area contributed by atoms with Crippen molar-refractivity contribution in [2.24, 2.45) is 0 Å². The van der Waals surface area contributed by atoms with E-state index in [1.807, 2.05) is 36.9 Å². The molecule has 18 heavy (non-hydrogen) atoms. The van der Waals surface area contributed by atoms with Gasteiger partial charge in [-0.05, 0) is 56.4 Å². The van der Waals surface area contributed by atoms with Crippen LogP contribution in [0.5, 0.6) is 0 Å². The molecule has 0 spiro atoms. The fourth-order valence-electron chi connectivity index (χ4n) is 2.30. The average molecular weight is 247 g/mol. The van der Waals surface area contributed by atoms with Gasteiger partial charge in [0.2, 0.25) is 0 Å². The molecule has 0 aliphatic heterocycles. The number of benzene rings is 1. The summed E-state index contributed by atoms with van der Waals surface area (Å²) in [5.41, 5.74) is 3.07. The summed E-state index contributed by atoms with van der Waals surface area (Å²) >= 11 is 0. The fraction of sp³-hybridized carbons (Fsp3) is 0.533. The van der Waals surface area contributed by atoms with E-state index in [4.69, 9.17) is 5.11 Å². The lowest BCUT2D eigenvalue weighted by Gasteiger charge is -2.37. The highest BCUT2D eigenvalue weighted by molar-refractivity contribution is 5.94. The number of carbonyl (C=O) groups excluding carboxylic acids is 1. The summed E-state index contributed by atoms with van der Waals surface area (Å²) in [6.07, 6.45) is 3.32. The van der Waals surface area contributed by atoms with Gasteiger partial charge in [-0.1, -0.05) is 6.07 Å². The van der Waals surface area contributed by atoms with Crippen molar-refractivity contribution in [3.63, 3.8) is 0 Å². The third-order valence-electron chi connectivity index (χ3n) is 3.87. The highest BCUT2D eigenvalue weighted by Crippen LogP contribution is 2.26. The minimum atomic E-state index is 0.0348. The number of amides is 1. The molecule has 0 aromatic heterocycles. The molecule has 1 aromatic rings. The van der Waals surface area contributed by atoms with Crippen LogP contribution in [0.2, 0.25) is 0 Å². The Labute approximate surface area is 108 Å². The monoisotopic (exact) mass is 247 g/mol. The minimum absolute atomic E-state index is 0.0348. The van der Waals surface area contributed by atoms with Gasteiger partial charge in [0, 0.05) is 18.2 Å². The van der Waals surface area contributed by atoms with E-state index >= 15 is 0 Å². The highest BCUT2D eigenvalue weighted by atomic mass is 16.3. The first-order valence-electron chi connectivity index (χ1n) is 6.62. The molecule has 1 aliphatic carbocycles. The van der Waals surface area contributed by atoms with Gasteiger partial charge in [-0.2, -0.15) is 0 Å². The quantitative estimate of drug-likeness (QED) is 0.886. The van der Waals surface area contributed by atoms with Crippen molar-refractivity contribution in [3.8, 4) is 0 Å². The van der Waals surface area contributed by atoms with Crippen LogP contribution >= 0.6 is 0 Å². The molecule has 2 rings (SSSR count). The van der Waals surface area contributed by atoms with Gasteiger partial charge in [0.1, 0.15) is 0 Å². The Morgan fingerprint density at radius 2 is 2.06 bits per heavy atom. The van der Waals surface area contributed by atoms with Crippen LogP contribution in [0.25, 0.3) is 0 Å². The Hall–Kier alpha value is -1.35.